The highest BCUT2D eigenvalue weighted by Gasteiger charge is 2.42. The van der Waals surface area contributed by atoms with Gasteiger partial charge in [-0.05, 0) is 30.9 Å². The number of carbonyl (C=O) groups is 1. The Balaban J connectivity index is 1.39. The quantitative estimate of drug-likeness (QED) is 0.457. The molecule has 1 saturated heterocycles. The number of nitrogens with zero attached hydrogens (tertiary/aromatic N) is 3. The number of aryl methyl sites for hydroxylation is 1. The van der Waals surface area contributed by atoms with Crippen LogP contribution in [-0.2, 0) is 11.8 Å². The molecule has 8 heteroatoms. The summed E-state index contributed by atoms with van der Waals surface area (Å²) in [7, 11) is 1.88. The topological polar surface area (TPSA) is 92.6 Å². The molecule has 3 heterocycles. The monoisotopic (exact) mass is 400 g/mol. The molecule has 3 atom stereocenters. The average molecular weight is 401 g/mol. The number of ether oxygens (including phenoxy) is 1. The van der Waals surface area contributed by atoms with Crippen molar-refractivity contribution in [3.8, 4) is 0 Å². The third kappa shape index (κ3) is 3.95. The number of pyridine rings is 1. The van der Waals surface area contributed by atoms with Gasteiger partial charge in [0.2, 0.25) is 0 Å². The van der Waals surface area contributed by atoms with Gasteiger partial charge in [-0.2, -0.15) is 5.10 Å². The van der Waals surface area contributed by atoms with Crippen LogP contribution in [-0.4, -0.2) is 32.1 Å². The summed E-state index contributed by atoms with van der Waals surface area (Å²) in [5.41, 5.74) is 2.72. The zero-order chi connectivity index (χ0) is 19.7. The second kappa shape index (κ2) is 7.77. The summed E-state index contributed by atoms with van der Waals surface area (Å²) < 4.78 is 7.65. The van der Waals surface area contributed by atoms with Crippen molar-refractivity contribution in [2.75, 3.05) is 0 Å². The van der Waals surface area contributed by atoms with E-state index in [0.717, 1.165) is 35.0 Å². The lowest BCUT2D eigenvalue weighted by Gasteiger charge is -2.17. The fraction of sp³-hybridized carbons (Fsp3) is 0.350. The molecule has 7 nitrogen and oxygen atoms in total. The number of aromatic nitrogens is 3. The van der Waals surface area contributed by atoms with Crippen molar-refractivity contribution in [2.45, 2.75) is 37.5 Å². The SMILES string of the molecule is Cn1ncc2cc(Cl)nc(C3OC3CCCC(NC(=O)O)c3ccccc3)c21. The van der Waals surface area contributed by atoms with E-state index < -0.39 is 6.09 Å². The number of fused-ring (bicyclic) bond motifs is 1. The third-order valence-corrected chi connectivity index (χ3v) is 5.24. The maximum absolute atomic E-state index is 11.1. The Morgan fingerprint density at radius 2 is 2.18 bits per heavy atom. The summed E-state index contributed by atoms with van der Waals surface area (Å²) >= 11 is 6.15. The Kier molecular flexibility index (Phi) is 5.19. The molecular weight excluding hydrogens is 380 g/mol. The number of hydrogen-bond donors (Lipinski definition) is 2. The molecule has 0 radical (unpaired) electrons. The maximum atomic E-state index is 11.1. The van der Waals surface area contributed by atoms with Crippen LogP contribution in [0.4, 0.5) is 4.79 Å². The fourth-order valence-electron chi connectivity index (χ4n) is 3.68. The Morgan fingerprint density at radius 3 is 2.93 bits per heavy atom. The summed E-state index contributed by atoms with van der Waals surface area (Å²) in [6.45, 7) is 0. The summed E-state index contributed by atoms with van der Waals surface area (Å²) in [6.07, 6.45) is 3.07. The zero-order valence-corrected chi connectivity index (χ0v) is 16.1. The number of epoxide rings is 1. The molecule has 0 bridgehead atoms. The van der Waals surface area contributed by atoms with Crippen LogP contribution in [0.3, 0.4) is 0 Å². The van der Waals surface area contributed by atoms with Gasteiger partial charge in [0.05, 0.1) is 29.6 Å². The molecule has 2 aromatic heterocycles. The van der Waals surface area contributed by atoms with Gasteiger partial charge in [-0.3, -0.25) is 4.68 Å². The molecule has 1 aliphatic rings. The van der Waals surface area contributed by atoms with Crippen molar-refractivity contribution < 1.29 is 14.6 Å². The molecule has 0 spiro atoms. The van der Waals surface area contributed by atoms with Gasteiger partial charge in [0.25, 0.3) is 0 Å². The van der Waals surface area contributed by atoms with Crippen LogP contribution < -0.4 is 5.32 Å². The van der Waals surface area contributed by atoms with Gasteiger partial charge in [-0.15, -0.1) is 0 Å². The van der Waals surface area contributed by atoms with Crippen molar-refractivity contribution in [3.63, 3.8) is 0 Å². The molecule has 3 unspecified atom stereocenters. The lowest BCUT2D eigenvalue weighted by molar-refractivity contribution is 0.189. The fourth-order valence-corrected chi connectivity index (χ4v) is 3.89. The zero-order valence-electron chi connectivity index (χ0n) is 15.4. The minimum atomic E-state index is -1.02. The lowest BCUT2D eigenvalue weighted by atomic mass is 9.99. The maximum Gasteiger partial charge on any atom is 0.405 e. The first kappa shape index (κ1) is 18.7. The van der Waals surface area contributed by atoms with Gasteiger partial charge in [0.1, 0.15) is 11.3 Å². The Bertz CT molecular complexity index is 992. The molecule has 28 heavy (non-hydrogen) atoms. The van der Waals surface area contributed by atoms with E-state index in [1.807, 2.05) is 37.4 Å². The number of hydrogen-bond acceptors (Lipinski definition) is 4. The second-order valence-electron chi connectivity index (χ2n) is 6.98. The molecule has 1 aliphatic heterocycles. The molecule has 1 fully saturated rings. The smallest absolute Gasteiger partial charge is 0.405 e. The number of amides is 1. The standard InChI is InChI=1S/C20H21ClN4O3/c1-25-18-13(11-22-25)10-16(21)24-17(18)19-15(28-19)9-5-8-14(23-20(26)27)12-6-3-2-4-7-12/h2-4,6-7,10-11,14-15,19,23H,5,8-9H2,1H3,(H,26,27). The highest BCUT2D eigenvalue weighted by Crippen LogP contribution is 2.44. The van der Waals surface area contributed by atoms with E-state index in [4.69, 9.17) is 21.4 Å². The van der Waals surface area contributed by atoms with Gasteiger partial charge in [0, 0.05) is 12.4 Å². The van der Waals surface area contributed by atoms with Gasteiger partial charge in [-0.1, -0.05) is 41.9 Å². The second-order valence-corrected chi connectivity index (χ2v) is 7.36. The number of benzene rings is 1. The van der Waals surface area contributed by atoms with Crippen LogP contribution in [0, 0.1) is 0 Å². The largest absolute Gasteiger partial charge is 0.465 e. The predicted molar refractivity (Wildman–Crippen MR) is 105 cm³/mol. The Hall–Kier alpha value is -2.64. The highest BCUT2D eigenvalue weighted by atomic mass is 35.5. The average Bonchev–Trinajstić information content (AvgIpc) is 3.35. The first-order chi connectivity index (χ1) is 13.5. The minimum absolute atomic E-state index is 0.0605. The van der Waals surface area contributed by atoms with Crippen LogP contribution in [0.25, 0.3) is 10.9 Å². The summed E-state index contributed by atoms with van der Waals surface area (Å²) in [5, 5.41) is 17.4. The van der Waals surface area contributed by atoms with Crippen molar-refractivity contribution in [3.05, 3.63) is 59.0 Å². The molecule has 3 aromatic rings. The van der Waals surface area contributed by atoms with Crippen LogP contribution in [0.5, 0.6) is 0 Å². The number of carboxylic acid groups (broad SMARTS) is 1. The van der Waals surface area contributed by atoms with Gasteiger partial charge in [0.15, 0.2) is 0 Å². The molecule has 2 N–H and O–H groups in total. The van der Waals surface area contributed by atoms with Gasteiger partial charge >= 0.3 is 6.09 Å². The lowest BCUT2D eigenvalue weighted by Crippen LogP contribution is -2.26. The van der Waals surface area contributed by atoms with Crippen molar-refractivity contribution in [2.24, 2.45) is 7.05 Å². The van der Waals surface area contributed by atoms with E-state index >= 15 is 0 Å². The van der Waals surface area contributed by atoms with Gasteiger partial charge in [-0.25, -0.2) is 9.78 Å². The third-order valence-electron chi connectivity index (χ3n) is 5.04. The van der Waals surface area contributed by atoms with E-state index in [1.165, 1.54) is 0 Å². The van der Waals surface area contributed by atoms with Crippen LogP contribution in [0.15, 0.2) is 42.6 Å². The first-order valence-corrected chi connectivity index (χ1v) is 9.58. The Morgan fingerprint density at radius 1 is 1.39 bits per heavy atom. The number of rotatable bonds is 7. The van der Waals surface area contributed by atoms with Crippen LogP contribution >= 0.6 is 11.6 Å². The summed E-state index contributed by atoms with van der Waals surface area (Å²) in [6, 6.07) is 11.2. The van der Waals surface area contributed by atoms with E-state index in [-0.39, 0.29) is 18.2 Å². The first-order valence-electron chi connectivity index (χ1n) is 9.21. The number of nitrogens with one attached hydrogen (secondary N) is 1. The molecule has 0 aliphatic carbocycles. The minimum Gasteiger partial charge on any atom is -0.465 e. The molecular formula is C20H21ClN4O3. The van der Waals surface area contributed by atoms with E-state index in [2.05, 4.69) is 15.4 Å². The molecule has 0 saturated carbocycles. The van der Waals surface area contributed by atoms with Crippen molar-refractivity contribution in [1.29, 1.82) is 0 Å². The van der Waals surface area contributed by atoms with E-state index in [9.17, 15) is 4.79 Å². The van der Waals surface area contributed by atoms with E-state index in [0.29, 0.717) is 11.6 Å². The van der Waals surface area contributed by atoms with Crippen molar-refractivity contribution in [1.82, 2.24) is 20.1 Å². The molecule has 4 rings (SSSR count). The molecule has 1 aromatic carbocycles. The van der Waals surface area contributed by atoms with Crippen molar-refractivity contribution >= 4 is 28.6 Å². The van der Waals surface area contributed by atoms with Gasteiger partial charge < -0.3 is 15.2 Å². The van der Waals surface area contributed by atoms with Crippen LogP contribution in [0.2, 0.25) is 5.15 Å². The Labute approximate surface area is 167 Å². The molecule has 146 valence electrons. The van der Waals surface area contributed by atoms with Crippen LogP contribution in [0.1, 0.15) is 42.7 Å². The molecule has 1 amide bonds. The summed E-state index contributed by atoms with van der Waals surface area (Å²) in [5.74, 6) is 0. The predicted octanol–water partition coefficient (Wildman–Crippen LogP) is 4.24. The van der Waals surface area contributed by atoms with E-state index in [1.54, 1.807) is 16.9 Å². The highest BCUT2D eigenvalue weighted by molar-refractivity contribution is 6.30. The summed E-state index contributed by atoms with van der Waals surface area (Å²) in [4.78, 5) is 15.6. The number of halogens is 1. The normalized spacial score (nSPS) is 19.5.